The first-order chi connectivity index (χ1) is 9.08. The standard InChI is InChI=1S/C13H20BrN3O2/c1-17(9-13(18)16-5-6-19-2)12-4-3-10(8-15)7-11(12)14/h3-4,7H,5-6,8-9,15H2,1-2H3,(H,16,18). The van der Waals surface area contributed by atoms with Crippen molar-refractivity contribution in [1.29, 1.82) is 0 Å². The van der Waals surface area contributed by atoms with Crippen molar-refractivity contribution in [2.75, 3.05) is 38.8 Å². The van der Waals surface area contributed by atoms with E-state index < -0.39 is 0 Å². The first kappa shape index (κ1) is 15.9. The lowest BCUT2D eigenvalue weighted by molar-refractivity contribution is -0.119. The summed E-state index contributed by atoms with van der Waals surface area (Å²) < 4.78 is 5.81. The smallest absolute Gasteiger partial charge is 0.239 e. The number of likely N-dealkylation sites (N-methyl/N-ethyl adjacent to an activating group) is 1. The molecule has 0 saturated heterocycles. The number of methoxy groups -OCH3 is 1. The number of amides is 1. The average molecular weight is 330 g/mol. The fraction of sp³-hybridized carbons (Fsp3) is 0.462. The van der Waals surface area contributed by atoms with Gasteiger partial charge in [0.15, 0.2) is 0 Å². The summed E-state index contributed by atoms with van der Waals surface area (Å²) >= 11 is 3.49. The second-order valence-corrected chi connectivity index (χ2v) is 5.04. The van der Waals surface area contributed by atoms with Gasteiger partial charge in [0, 0.05) is 31.7 Å². The van der Waals surface area contributed by atoms with Crippen molar-refractivity contribution in [2.24, 2.45) is 5.73 Å². The second kappa shape index (κ2) is 8.14. The zero-order valence-electron chi connectivity index (χ0n) is 11.3. The molecule has 0 unspecified atom stereocenters. The van der Waals surface area contributed by atoms with E-state index in [1.165, 1.54) is 0 Å². The molecule has 106 valence electrons. The van der Waals surface area contributed by atoms with Gasteiger partial charge in [-0.05, 0) is 33.6 Å². The number of hydrogen-bond donors (Lipinski definition) is 2. The number of nitrogens with two attached hydrogens (primary N) is 1. The van der Waals surface area contributed by atoms with E-state index in [2.05, 4.69) is 21.2 Å². The zero-order valence-corrected chi connectivity index (χ0v) is 12.9. The highest BCUT2D eigenvalue weighted by Crippen LogP contribution is 2.26. The quantitative estimate of drug-likeness (QED) is 0.735. The van der Waals surface area contributed by atoms with Crippen LogP contribution < -0.4 is 16.0 Å². The third-order valence-electron chi connectivity index (χ3n) is 2.67. The van der Waals surface area contributed by atoms with Crippen LogP contribution in [0.3, 0.4) is 0 Å². The number of halogens is 1. The lowest BCUT2D eigenvalue weighted by Crippen LogP contribution is -2.36. The number of ether oxygens (including phenoxy) is 1. The molecule has 0 saturated carbocycles. The van der Waals surface area contributed by atoms with Gasteiger partial charge < -0.3 is 20.7 Å². The molecule has 1 aromatic carbocycles. The van der Waals surface area contributed by atoms with Crippen molar-refractivity contribution in [3.63, 3.8) is 0 Å². The van der Waals surface area contributed by atoms with Gasteiger partial charge in [-0.3, -0.25) is 4.79 Å². The Balaban J connectivity index is 2.57. The molecule has 0 aliphatic rings. The molecule has 0 spiro atoms. The molecule has 0 aliphatic heterocycles. The molecule has 0 fully saturated rings. The fourth-order valence-corrected chi connectivity index (χ4v) is 2.36. The molecule has 19 heavy (non-hydrogen) atoms. The Morgan fingerprint density at radius 3 is 2.84 bits per heavy atom. The number of carbonyl (C=O) groups is 1. The molecule has 0 atom stereocenters. The van der Waals surface area contributed by atoms with Crippen molar-refractivity contribution in [2.45, 2.75) is 6.54 Å². The van der Waals surface area contributed by atoms with Gasteiger partial charge >= 0.3 is 0 Å². The van der Waals surface area contributed by atoms with E-state index in [9.17, 15) is 4.79 Å². The summed E-state index contributed by atoms with van der Waals surface area (Å²) in [6.45, 7) is 1.84. The maximum absolute atomic E-state index is 11.7. The summed E-state index contributed by atoms with van der Waals surface area (Å²) in [6, 6.07) is 5.88. The normalized spacial score (nSPS) is 10.3. The Hall–Kier alpha value is -1.11. The molecule has 0 bridgehead atoms. The fourth-order valence-electron chi connectivity index (χ4n) is 1.64. The Bertz CT molecular complexity index is 426. The van der Waals surface area contributed by atoms with Crippen molar-refractivity contribution in [1.82, 2.24) is 5.32 Å². The van der Waals surface area contributed by atoms with Gasteiger partial charge in [-0.2, -0.15) is 0 Å². The van der Waals surface area contributed by atoms with Crippen molar-refractivity contribution in [3.05, 3.63) is 28.2 Å². The van der Waals surface area contributed by atoms with Crippen molar-refractivity contribution >= 4 is 27.5 Å². The molecule has 6 heteroatoms. The molecule has 1 aromatic rings. The van der Waals surface area contributed by atoms with Gasteiger partial charge in [-0.1, -0.05) is 6.07 Å². The highest BCUT2D eigenvalue weighted by Gasteiger charge is 2.10. The molecule has 5 nitrogen and oxygen atoms in total. The Morgan fingerprint density at radius 1 is 1.53 bits per heavy atom. The van der Waals surface area contributed by atoms with Crippen molar-refractivity contribution < 1.29 is 9.53 Å². The number of anilines is 1. The Kier molecular flexibility index (Phi) is 6.83. The molecule has 1 amide bonds. The van der Waals surface area contributed by atoms with Crippen LogP contribution in [0.4, 0.5) is 5.69 Å². The molecule has 0 heterocycles. The Morgan fingerprint density at radius 2 is 2.26 bits per heavy atom. The summed E-state index contributed by atoms with van der Waals surface area (Å²) in [5, 5.41) is 2.79. The summed E-state index contributed by atoms with van der Waals surface area (Å²) in [6.07, 6.45) is 0. The molecule has 0 radical (unpaired) electrons. The number of carbonyl (C=O) groups excluding carboxylic acids is 1. The van der Waals surface area contributed by atoms with Crippen LogP contribution in [0, 0.1) is 0 Å². The first-order valence-corrected chi connectivity index (χ1v) is 6.83. The third-order valence-corrected chi connectivity index (χ3v) is 3.30. The largest absolute Gasteiger partial charge is 0.383 e. The SMILES string of the molecule is COCCNC(=O)CN(C)c1ccc(CN)cc1Br. The maximum atomic E-state index is 11.7. The van der Waals surface area contributed by atoms with Crippen LogP contribution >= 0.6 is 15.9 Å². The van der Waals surface area contributed by atoms with E-state index in [4.69, 9.17) is 10.5 Å². The van der Waals surface area contributed by atoms with Crippen LogP contribution in [0.5, 0.6) is 0 Å². The third kappa shape index (κ3) is 5.18. The topological polar surface area (TPSA) is 67.6 Å². The summed E-state index contributed by atoms with van der Waals surface area (Å²) in [5.74, 6) is -0.0330. The van der Waals surface area contributed by atoms with E-state index in [0.29, 0.717) is 26.2 Å². The van der Waals surface area contributed by atoms with Gasteiger partial charge in [-0.15, -0.1) is 0 Å². The number of nitrogens with one attached hydrogen (secondary N) is 1. The lowest BCUT2D eigenvalue weighted by atomic mass is 10.2. The predicted octanol–water partition coefficient (Wildman–Crippen LogP) is 1.11. The molecule has 0 aliphatic carbocycles. The van der Waals surface area contributed by atoms with E-state index in [1.807, 2.05) is 30.1 Å². The second-order valence-electron chi connectivity index (χ2n) is 4.19. The van der Waals surface area contributed by atoms with Crippen LogP contribution in [0.15, 0.2) is 22.7 Å². The summed E-state index contributed by atoms with van der Waals surface area (Å²) in [4.78, 5) is 13.6. The van der Waals surface area contributed by atoms with Crippen LogP contribution in [0.1, 0.15) is 5.56 Å². The van der Waals surface area contributed by atoms with Gasteiger partial charge in [0.1, 0.15) is 0 Å². The minimum atomic E-state index is -0.0330. The van der Waals surface area contributed by atoms with Gasteiger partial charge in [-0.25, -0.2) is 0 Å². The van der Waals surface area contributed by atoms with Crippen molar-refractivity contribution in [3.8, 4) is 0 Å². The van der Waals surface area contributed by atoms with Gasteiger partial charge in [0.05, 0.1) is 18.8 Å². The lowest BCUT2D eigenvalue weighted by Gasteiger charge is -2.20. The minimum absolute atomic E-state index is 0.0330. The number of benzene rings is 1. The average Bonchev–Trinajstić information content (AvgIpc) is 2.38. The predicted molar refractivity (Wildman–Crippen MR) is 80.2 cm³/mol. The zero-order chi connectivity index (χ0) is 14.3. The van der Waals surface area contributed by atoms with Crippen LogP contribution in [-0.2, 0) is 16.1 Å². The number of hydrogen-bond acceptors (Lipinski definition) is 4. The summed E-state index contributed by atoms with van der Waals surface area (Å²) in [7, 11) is 3.48. The Labute approximate surface area is 122 Å². The van der Waals surface area contributed by atoms with Gasteiger partial charge in [0.2, 0.25) is 5.91 Å². The van der Waals surface area contributed by atoms with Crippen LogP contribution in [0.25, 0.3) is 0 Å². The van der Waals surface area contributed by atoms with E-state index in [0.717, 1.165) is 15.7 Å². The monoisotopic (exact) mass is 329 g/mol. The van der Waals surface area contributed by atoms with Gasteiger partial charge in [0.25, 0.3) is 0 Å². The number of rotatable bonds is 7. The molecule has 0 aromatic heterocycles. The van der Waals surface area contributed by atoms with E-state index >= 15 is 0 Å². The highest BCUT2D eigenvalue weighted by atomic mass is 79.9. The van der Waals surface area contributed by atoms with E-state index in [-0.39, 0.29) is 5.91 Å². The van der Waals surface area contributed by atoms with E-state index in [1.54, 1.807) is 7.11 Å². The van der Waals surface area contributed by atoms with Crippen LogP contribution in [0.2, 0.25) is 0 Å². The highest BCUT2D eigenvalue weighted by molar-refractivity contribution is 9.10. The number of nitrogens with zero attached hydrogens (tertiary/aromatic N) is 1. The molecule has 3 N–H and O–H groups in total. The molecule has 1 rings (SSSR count). The summed E-state index contributed by atoms with van der Waals surface area (Å²) in [5.41, 5.74) is 7.59. The maximum Gasteiger partial charge on any atom is 0.239 e. The minimum Gasteiger partial charge on any atom is -0.383 e. The van der Waals surface area contributed by atoms with Crippen LogP contribution in [-0.4, -0.2) is 39.8 Å². The molecular weight excluding hydrogens is 310 g/mol. The molecular formula is C13H20BrN3O2. The first-order valence-electron chi connectivity index (χ1n) is 6.03.